The summed E-state index contributed by atoms with van der Waals surface area (Å²) in [6, 6.07) is 26.6. The van der Waals surface area contributed by atoms with E-state index in [2.05, 4.69) is 22.0 Å². The first-order valence-corrected chi connectivity index (χ1v) is 13.6. The largest absolute Gasteiger partial charge is 0.495 e. The lowest BCUT2D eigenvalue weighted by molar-refractivity contribution is -0.114. The molecule has 1 aliphatic heterocycles. The van der Waals surface area contributed by atoms with E-state index >= 15 is 0 Å². The van der Waals surface area contributed by atoms with Gasteiger partial charge in [0, 0.05) is 17.0 Å². The van der Waals surface area contributed by atoms with Gasteiger partial charge in [-0.25, -0.2) is 0 Å². The Balaban J connectivity index is 1.62. The highest BCUT2D eigenvalue weighted by Crippen LogP contribution is 2.41. The van der Waals surface area contributed by atoms with Crippen LogP contribution < -0.4 is 20.7 Å². The Hall–Kier alpha value is -4.48. The standard InChI is InChI=1S/C31H30N4O3S/c1-4-21-12-8-9-15-24(21)34-27(36)19-39-31-23(18-32)29(22-13-6-5-7-14-22)28(20(2)33-31)30(37)35-25-16-10-11-17-26(25)38-3/h5-17,29,33H,4,19H2,1-3H3,(H,34,36)(H,35,37). The van der Waals surface area contributed by atoms with Crippen LogP contribution in [0, 0.1) is 11.3 Å². The number of carbonyl (C=O) groups is 2. The molecule has 0 bridgehead atoms. The van der Waals surface area contributed by atoms with Crippen LogP contribution in [0.15, 0.2) is 101 Å². The number of amides is 2. The predicted molar refractivity (Wildman–Crippen MR) is 156 cm³/mol. The fourth-order valence-electron chi connectivity index (χ4n) is 4.52. The summed E-state index contributed by atoms with van der Waals surface area (Å²) in [5.41, 5.74) is 4.58. The molecule has 0 fully saturated rings. The molecule has 3 aromatic carbocycles. The van der Waals surface area contributed by atoms with Gasteiger partial charge in [-0.05, 0) is 42.7 Å². The third kappa shape index (κ3) is 6.33. The molecule has 0 aromatic heterocycles. The second-order valence-electron chi connectivity index (χ2n) is 8.86. The smallest absolute Gasteiger partial charge is 0.254 e. The number of carbonyl (C=O) groups excluding carboxylic acids is 2. The second kappa shape index (κ2) is 12.9. The second-order valence-corrected chi connectivity index (χ2v) is 9.85. The maximum atomic E-state index is 13.7. The minimum atomic E-state index is -0.612. The number of methoxy groups -OCH3 is 1. The number of thioether (sulfide) groups is 1. The first-order valence-electron chi connectivity index (χ1n) is 12.6. The van der Waals surface area contributed by atoms with Crippen LogP contribution in [0.4, 0.5) is 11.4 Å². The number of para-hydroxylation sites is 3. The number of hydrogen-bond donors (Lipinski definition) is 3. The molecule has 0 radical (unpaired) electrons. The molecule has 1 aliphatic rings. The summed E-state index contributed by atoms with van der Waals surface area (Å²) in [7, 11) is 1.54. The maximum Gasteiger partial charge on any atom is 0.254 e. The molecule has 3 N–H and O–H groups in total. The zero-order valence-electron chi connectivity index (χ0n) is 22.1. The van der Waals surface area contributed by atoms with Gasteiger partial charge < -0.3 is 20.7 Å². The number of dihydropyridines is 1. The number of allylic oxidation sites excluding steroid dienone is 2. The monoisotopic (exact) mass is 538 g/mol. The highest BCUT2D eigenvalue weighted by atomic mass is 32.2. The highest BCUT2D eigenvalue weighted by Gasteiger charge is 2.35. The van der Waals surface area contributed by atoms with Gasteiger partial charge in [0.1, 0.15) is 5.75 Å². The summed E-state index contributed by atoms with van der Waals surface area (Å²) in [5, 5.41) is 20.0. The Bertz CT molecular complexity index is 1470. The summed E-state index contributed by atoms with van der Waals surface area (Å²) < 4.78 is 5.39. The lowest BCUT2D eigenvalue weighted by atomic mass is 9.82. The van der Waals surface area contributed by atoms with Crippen LogP contribution >= 0.6 is 11.8 Å². The van der Waals surface area contributed by atoms with Crippen molar-refractivity contribution < 1.29 is 14.3 Å². The fourth-order valence-corrected chi connectivity index (χ4v) is 5.41. The van der Waals surface area contributed by atoms with Crippen LogP contribution in [0.25, 0.3) is 0 Å². The third-order valence-corrected chi connectivity index (χ3v) is 7.42. The topological polar surface area (TPSA) is 103 Å². The third-order valence-electron chi connectivity index (χ3n) is 6.40. The van der Waals surface area contributed by atoms with Gasteiger partial charge in [-0.2, -0.15) is 5.26 Å². The van der Waals surface area contributed by atoms with Crippen LogP contribution in [0.2, 0.25) is 0 Å². The van der Waals surface area contributed by atoms with Crippen molar-refractivity contribution in [2.24, 2.45) is 0 Å². The van der Waals surface area contributed by atoms with Crippen molar-refractivity contribution in [1.82, 2.24) is 5.32 Å². The molecule has 0 aliphatic carbocycles. The molecule has 1 unspecified atom stereocenters. The number of nitrogens with one attached hydrogen (secondary N) is 3. The number of benzene rings is 3. The van der Waals surface area contributed by atoms with Gasteiger partial charge >= 0.3 is 0 Å². The summed E-state index contributed by atoms with van der Waals surface area (Å²) in [5.74, 6) is -0.497. The molecular formula is C31H30N4O3S. The molecule has 0 spiro atoms. The number of ether oxygens (including phenoxy) is 1. The molecule has 0 saturated heterocycles. The Morgan fingerprint density at radius 1 is 0.974 bits per heavy atom. The van der Waals surface area contributed by atoms with Crippen LogP contribution in [-0.4, -0.2) is 24.7 Å². The van der Waals surface area contributed by atoms with E-state index in [0.717, 1.165) is 23.2 Å². The average molecular weight is 539 g/mol. The molecular weight excluding hydrogens is 508 g/mol. The van der Waals surface area contributed by atoms with Gasteiger partial charge in [-0.1, -0.05) is 79.3 Å². The van der Waals surface area contributed by atoms with E-state index in [1.807, 2.05) is 73.7 Å². The van der Waals surface area contributed by atoms with Crippen molar-refractivity contribution in [2.45, 2.75) is 26.2 Å². The molecule has 0 saturated carbocycles. The van der Waals surface area contributed by atoms with E-state index in [0.29, 0.717) is 33.3 Å². The molecule has 3 aromatic rings. The SMILES string of the molecule is CCc1ccccc1NC(=O)CSC1=C(C#N)C(c2ccccc2)C(C(=O)Nc2ccccc2OC)=C(C)N1. The number of nitrogens with zero attached hydrogens (tertiary/aromatic N) is 1. The van der Waals surface area contributed by atoms with Gasteiger partial charge in [0.2, 0.25) is 5.91 Å². The van der Waals surface area contributed by atoms with Gasteiger partial charge in [0.25, 0.3) is 5.91 Å². The maximum absolute atomic E-state index is 13.7. The molecule has 7 nitrogen and oxygen atoms in total. The van der Waals surface area contributed by atoms with Gasteiger partial charge in [0.15, 0.2) is 0 Å². The molecule has 2 amide bonds. The number of rotatable bonds is 9. The van der Waals surface area contributed by atoms with Crippen molar-refractivity contribution in [3.63, 3.8) is 0 Å². The quantitative estimate of drug-likeness (QED) is 0.310. The Morgan fingerprint density at radius 3 is 2.33 bits per heavy atom. The summed E-state index contributed by atoms with van der Waals surface area (Å²) >= 11 is 1.24. The zero-order chi connectivity index (χ0) is 27.8. The lowest BCUT2D eigenvalue weighted by Gasteiger charge is -2.30. The van der Waals surface area contributed by atoms with E-state index in [1.54, 1.807) is 26.2 Å². The van der Waals surface area contributed by atoms with Crippen molar-refractivity contribution in [2.75, 3.05) is 23.5 Å². The highest BCUT2D eigenvalue weighted by molar-refractivity contribution is 8.03. The number of hydrogen-bond acceptors (Lipinski definition) is 6. The molecule has 1 atom stereocenters. The minimum Gasteiger partial charge on any atom is -0.495 e. The Labute approximate surface area is 233 Å². The van der Waals surface area contributed by atoms with Gasteiger partial charge in [0.05, 0.1) is 41.1 Å². The zero-order valence-corrected chi connectivity index (χ0v) is 22.9. The van der Waals surface area contributed by atoms with Crippen molar-refractivity contribution in [3.8, 4) is 11.8 Å². The van der Waals surface area contributed by atoms with Crippen LogP contribution in [0.1, 0.15) is 30.9 Å². The lowest BCUT2D eigenvalue weighted by Crippen LogP contribution is -2.31. The molecule has 1 heterocycles. The Kier molecular flexibility index (Phi) is 9.08. The van der Waals surface area contributed by atoms with E-state index < -0.39 is 5.92 Å². The summed E-state index contributed by atoms with van der Waals surface area (Å²) in [6.45, 7) is 3.84. The average Bonchev–Trinajstić information content (AvgIpc) is 2.96. The van der Waals surface area contributed by atoms with Crippen molar-refractivity contribution in [3.05, 3.63) is 112 Å². The number of aryl methyl sites for hydroxylation is 1. The van der Waals surface area contributed by atoms with Crippen LogP contribution in [0.5, 0.6) is 5.75 Å². The summed E-state index contributed by atoms with van der Waals surface area (Å²) in [4.78, 5) is 26.5. The van der Waals surface area contributed by atoms with E-state index in [1.165, 1.54) is 11.8 Å². The van der Waals surface area contributed by atoms with Crippen LogP contribution in [0.3, 0.4) is 0 Å². The normalized spacial score (nSPS) is 14.8. The minimum absolute atomic E-state index is 0.100. The predicted octanol–water partition coefficient (Wildman–Crippen LogP) is 5.96. The number of nitriles is 1. The fraction of sp³-hybridized carbons (Fsp3) is 0.194. The van der Waals surface area contributed by atoms with Gasteiger partial charge in [-0.15, -0.1) is 0 Å². The first-order chi connectivity index (χ1) is 19.0. The molecule has 39 heavy (non-hydrogen) atoms. The number of anilines is 2. The van der Waals surface area contributed by atoms with Gasteiger partial charge in [-0.3, -0.25) is 9.59 Å². The Morgan fingerprint density at radius 2 is 1.64 bits per heavy atom. The van der Waals surface area contributed by atoms with E-state index in [-0.39, 0.29) is 17.6 Å². The van der Waals surface area contributed by atoms with Crippen LogP contribution in [-0.2, 0) is 16.0 Å². The summed E-state index contributed by atoms with van der Waals surface area (Å²) in [6.07, 6.45) is 0.803. The molecule has 198 valence electrons. The van der Waals surface area contributed by atoms with Crippen molar-refractivity contribution >= 4 is 35.0 Å². The van der Waals surface area contributed by atoms with E-state index in [9.17, 15) is 14.9 Å². The van der Waals surface area contributed by atoms with Crippen molar-refractivity contribution in [1.29, 1.82) is 5.26 Å². The molecule has 4 rings (SSSR count). The van der Waals surface area contributed by atoms with E-state index in [4.69, 9.17) is 4.74 Å². The first kappa shape index (κ1) is 27.6. The molecule has 8 heteroatoms.